The SMILES string of the molecule is C[C@H](OC(=O)c1ccc(Cl)c(Cl)c1)C(=O)N[C@H]1CCS(=O)(=O)C1. The Balaban J connectivity index is 1.92. The normalized spacial score (nSPS) is 20.7. The predicted molar refractivity (Wildman–Crippen MR) is 86.5 cm³/mol. The number of hydrogen-bond donors (Lipinski definition) is 1. The largest absolute Gasteiger partial charge is 0.449 e. The molecule has 1 fully saturated rings. The van der Waals surface area contributed by atoms with Crippen LogP contribution in [0.5, 0.6) is 0 Å². The Hall–Kier alpha value is -1.31. The number of hydrogen-bond acceptors (Lipinski definition) is 5. The first-order valence-corrected chi connectivity index (χ1v) is 9.42. The summed E-state index contributed by atoms with van der Waals surface area (Å²) in [6.07, 6.45) is -0.693. The molecule has 1 saturated heterocycles. The molecule has 0 aromatic heterocycles. The van der Waals surface area contributed by atoms with Crippen LogP contribution in [0.3, 0.4) is 0 Å². The first kappa shape index (κ1) is 18.0. The maximum absolute atomic E-state index is 12.0. The number of benzene rings is 1. The number of nitrogens with one attached hydrogen (secondary N) is 1. The van der Waals surface area contributed by atoms with E-state index in [4.69, 9.17) is 27.9 Å². The Labute approximate surface area is 144 Å². The summed E-state index contributed by atoms with van der Waals surface area (Å²) in [4.78, 5) is 23.9. The molecule has 2 atom stereocenters. The number of sulfone groups is 1. The van der Waals surface area contributed by atoms with Gasteiger partial charge in [-0.25, -0.2) is 13.2 Å². The van der Waals surface area contributed by atoms with Gasteiger partial charge in [0, 0.05) is 6.04 Å². The van der Waals surface area contributed by atoms with Gasteiger partial charge in [-0.3, -0.25) is 4.79 Å². The zero-order valence-electron chi connectivity index (χ0n) is 12.2. The Morgan fingerprint density at radius 2 is 2.00 bits per heavy atom. The zero-order chi connectivity index (χ0) is 17.2. The first-order valence-electron chi connectivity index (χ1n) is 6.85. The van der Waals surface area contributed by atoms with Crippen LogP contribution in [0.25, 0.3) is 0 Å². The van der Waals surface area contributed by atoms with Crippen molar-refractivity contribution in [2.24, 2.45) is 0 Å². The number of carbonyl (C=O) groups is 2. The van der Waals surface area contributed by atoms with Gasteiger partial charge in [-0.2, -0.15) is 0 Å². The monoisotopic (exact) mass is 379 g/mol. The molecule has 1 aromatic carbocycles. The van der Waals surface area contributed by atoms with Gasteiger partial charge in [0.2, 0.25) is 0 Å². The molecule has 2 rings (SSSR count). The van der Waals surface area contributed by atoms with Crippen LogP contribution in [0, 0.1) is 0 Å². The molecular formula is C14H15Cl2NO5S. The molecule has 1 heterocycles. The van der Waals surface area contributed by atoms with Gasteiger partial charge in [-0.1, -0.05) is 23.2 Å². The van der Waals surface area contributed by atoms with Crippen molar-refractivity contribution < 1.29 is 22.7 Å². The molecule has 0 unspecified atom stereocenters. The molecule has 0 spiro atoms. The fourth-order valence-electron chi connectivity index (χ4n) is 2.13. The number of rotatable bonds is 4. The summed E-state index contributed by atoms with van der Waals surface area (Å²) in [5.41, 5.74) is 0.169. The molecule has 0 aliphatic carbocycles. The van der Waals surface area contributed by atoms with E-state index in [1.54, 1.807) is 0 Å². The molecule has 1 aliphatic heterocycles. The minimum Gasteiger partial charge on any atom is -0.449 e. The van der Waals surface area contributed by atoms with Gasteiger partial charge >= 0.3 is 5.97 Å². The molecule has 6 nitrogen and oxygen atoms in total. The topological polar surface area (TPSA) is 89.5 Å². The number of ether oxygens (including phenoxy) is 1. The Bertz CT molecular complexity index is 735. The third kappa shape index (κ3) is 4.83. The second-order valence-corrected chi connectivity index (χ2v) is 8.33. The number of halogens is 2. The fourth-order valence-corrected chi connectivity index (χ4v) is 4.10. The smallest absolute Gasteiger partial charge is 0.338 e. The lowest BCUT2D eigenvalue weighted by atomic mass is 10.2. The lowest BCUT2D eigenvalue weighted by molar-refractivity contribution is -0.129. The Morgan fingerprint density at radius 1 is 1.30 bits per heavy atom. The van der Waals surface area contributed by atoms with Gasteiger partial charge in [-0.05, 0) is 31.5 Å². The minimum atomic E-state index is -3.09. The van der Waals surface area contributed by atoms with E-state index in [1.165, 1.54) is 25.1 Å². The van der Waals surface area contributed by atoms with E-state index in [0.717, 1.165) is 0 Å². The van der Waals surface area contributed by atoms with E-state index in [9.17, 15) is 18.0 Å². The number of esters is 1. The van der Waals surface area contributed by atoms with Gasteiger partial charge in [-0.15, -0.1) is 0 Å². The molecule has 126 valence electrons. The first-order chi connectivity index (χ1) is 10.7. The summed E-state index contributed by atoms with van der Waals surface area (Å²) in [5, 5.41) is 3.07. The van der Waals surface area contributed by atoms with Crippen molar-refractivity contribution in [2.75, 3.05) is 11.5 Å². The van der Waals surface area contributed by atoms with Gasteiger partial charge in [0.15, 0.2) is 15.9 Å². The third-order valence-electron chi connectivity index (χ3n) is 3.39. The van der Waals surface area contributed by atoms with Crippen molar-refractivity contribution in [1.82, 2.24) is 5.32 Å². The molecule has 9 heteroatoms. The molecule has 0 radical (unpaired) electrons. The summed E-state index contributed by atoms with van der Waals surface area (Å²) in [6, 6.07) is 3.79. The fraction of sp³-hybridized carbons (Fsp3) is 0.429. The van der Waals surface area contributed by atoms with Crippen LogP contribution in [-0.4, -0.2) is 43.9 Å². The summed E-state index contributed by atoms with van der Waals surface area (Å²) < 4.78 is 27.8. The van der Waals surface area contributed by atoms with Crippen LogP contribution in [0.4, 0.5) is 0 Å². The highest BCUT2D eigenvalue weighted by atomic mass is 35.5. The van der Waals surface area contributed by atoms with E-state index in [-0.39, 0.29) is 22.1 Å². The molecule has 0 bridgehead atoms. The minimum absolute atomic E-state index is 0.0510. The van der Waals surface area contributed by atoms with Crippen LogP contribution in [0.15, 0.2) is 18.2 Å². The number of amides is 1. The van der Waals surface area contributed by atoms with Crippen LogP contribution in [0.1, 0.15) is 23.7 Å². The second kappa shape index (κ2) is 7.07. The van der Waals surface area contributed by atoms with Crippen molar-refractivity contribution in [3.63, 3.8) is 0 Å². The second-order valence-electron chi connectivity index (χ2n) is 5.28. The zero-order valence-corrected chi connectivity index (χ0v) is 14.5. The van der Waals surface area contributed by atoms with Gasteiger partial charge in [0.1, 0.15) is 0 Å². The van der Waals surface area contributed by atoms with Crippen LogP contribution < -0.4 is 5.32 Å². The van der Waals surface area contributed by atoms with Crippen LogP contribution in [-0.2, 0) is 19.4 Å². The summed E-state index contributed by atoms with van der Waals surface area (Å²) >= 11 is 11.6. The summed E-state index contributed by atoms with van der Waals surface area (Å²) in [7, 11) is -3.09. The van der Waals surface area contributed by atoms with Crippen molar-refractivity contribution in [3.05, 3.63) is 33.8 Å². The van der Waals surface area contributed by atoms with E-state index in [2.05, 4.69) is 5.32 Å². The number of carbonyl (C=O) groups excluding carboxylic acids is 2. The lowest BCUT2D eigenvalue weighted by Gasteiger charge is -2.16. The van der Waals surface area contributed by atoms with Crippen LogP contribution in [0.2, 0.25) is 10.0 Å². The average molecular weight is 380 g/mol. The highest BCUT2D eigenvalue weighted by molar-refractivity contribution is 7.91. The Morgan fingerprint density at radius 3 is 2.57 bits per heavy atom. The third-order valence-corrected chi connectivity index (χ3v) is 5.89. The van der Waals surface area contributed by atoms with Crippen molar-refractivity contribution in [2.45, 2.75) is 25.5 Å². The quantitative estimate of drug-likeness (QED) is 0.806. The highest BCUT2D eigenvalue weighted by Gasteiger charge is 2.30. The molecule has 0 saturated carbocycles. The van der Waals surface area contributed by atoms with Crippen LogP contribution >= 0.6 is 23.2 Å². The van der Waals surface area contributed by atoms with E-state index < -0.39 is 33.9 Å². The Kier molecular flexibility index (Phi) is 5.54. The van der Waals surface area contributed by atoms with Gasteiger partial charge in [0.05, 0.1) is 27.1 Å². The molecule has 1 aliphatic rings. The van der Waals surface area contributed by atoms with E-state index in [0.29, 0.717) is 11.4 Å². The molecule has 23 heavy (non-hydrogen) atoms. The maximum atomic E-state index is 12.0. The average Bonchev–Trinajstić information content (AvgIpc) is 2.80. The molecule has 1 aromatic rings. The van der Waals surface area contributed by atoms with Gasteiger partial charge in [0.25, 0.3) is 5.91 Å². The van der Waals surface area contributed by atoms with E-state index >= 15 is 0 Å². The summed E-state index contributed by atoms with van der Waals surface area (Å²) in [6.45, 7) is 1.41. The summed E-state index contributed by atoms with van der Waals surface area (Å²) in [5.74, 6) is -1.30. The molecule has 1 amide bonds. The van der Waals surface area contributed by atoms with Crippen molar-refractivity contribution >= 4 is 44.9 Å². The highest BCUT2D eigenvalue weighted by Crippen LogP contribution is 2.23. The molecular weight excluding hydrogens is 365 g/mol. The lowest BCUT2D eigenvalue weighted by Crippen LogP contribution is -2.42. The standard InChI is InChI=1S/C14H15Cl2NO5S/c1-8(13(18)17-10-4-5-23(20,21)7-10)22-14(19)9-2-3-11(15)12(16)6-9/h2-3,6,8,10H,4-5,7H2,1H3,(H,17,18)/t8-,10-/m0/s1. The van der Waals surface area contributed by atoms with E-state index in [1.807, 2.05) is 0 Å². The van der Waals surface area contributed by atoms with Crippen molar-refractivity contribution in [1.29, 1.82) is 0 Å². The molecule has 1 N–H and O–H groups in total. The van der Waals surface area contributed by atoms with Gasteiger partial charge < -0.3 is 10.1 Å². The maximum Gasteiger partial charge on any atom is 0.338 e. The predicted octanol–water partition coefficient (Wildman–Crippen LogP) is 1.84. The van der Waals surface area contributed by atoms with Crippen molar-refractivity contribution in [3.8, 4) is 0 Å².